The fraction of sp³-hybridized carbons (Fsp3) is 0.111. The van der Waals surface area contributed by atoms with E-state index >= 15 is 0 Å². The number of fused-ring (bicyclic) bond motifs is 2. The molecule has 0 saturated carbocycles. The molecule has 0 atom stereocenters. The van der Waals surface area contributed by atoms with Crippen molar-refractivity contribution in [3.8, 4) is 0 Å². The van der Waals surface area contributed by atoms with Crippen LogP contribution in [0.25, 0.3) is 10.9 Å². The van der Waals surface area contributed by atoms with Crippen molar-refractivity contribution in [1.82, 2.24) is 9.66 Å². The Labute approximate surface area is 84.2 Å². The molecule has 6 nitrogen and oxygen atoms in total. The lowest BCUT2D eigenvalue weighted by molar-refractivity contribution is 0.728. The number of rotatable bonds is 0. The zero-order valence-corrected chi connectivity index (χ0v) is 7.71. The SMILES string of the molecule is O=c1c2ccccc2nc2n1NCN=N2. The van der Waals surface area contributed by atoms with Crippen LogP contribution in [0.2, 0.25) is 0 Å². The minimum Gasteiger partial charge on any atom is -0.297 e. The van der Waals surface area contributed by atoms with Crippen LogP contribution in [-0.4, -0.2) is 16.3 Å². The molecule has 0 saturated heterocycles. The molecule has 74 valence electrons. The van der Waals surface area contributed by atoms with Gasteiger partial charge in [-0.15, -0.1) is 5.11 Å². The average Bonchev–Trinajstić information content (AvgIpc) is 2.30. The monoisotopic (exact) mass is 201 g/mol. The molecule has 2 aromatic rings. The van der Waals surface area contributed by atoms with Crippen molar-refractivity contribution in [2.75, 3.05) is 12.1 Å². The molecule has 2 heterocycles. The standard InChI is InChI=1S/C9H7N5O/c15-8-6-3-1-2-4-7(6)12-9-13-10-5-11-14(8)9/h1-4,11H,5H2. The summed E-state index contributed by atoms with van der Waals surface area (Å²) in [4.78, 5) is 16.1. The first-order chi connectivity index (χ1) is 7.36. The van der Waals surface area contributed by atoms with E-state index < -0.39 is 0 Å². The van der Waals surface area contributed by atoms with Crippen molar-refractivity contribution < 1.29 is 0 Å². The number of nitrogens with zero attached hydrogens (tertiary/aromatic N) is 4. The molecule has 3 rings (SSSR count). The van der Waals surface area contributed by atoms with Crippen LogP contribution in [0.5, 0.6) is 0 Å². The smallest absolute Gasteiger partial charge is 0.281 e. The summed E-state index contributed by atoms with van der Waals surface area (Å²) in [5.41, 5.74) is 3.30. The molecular weight excluding hydrogens is 194 g/mol. The van der Waals surface area contributed by atoms with Crippen molar-refractivity contribution >= 4 is 16.9 Å². The largest absolute Gasteiger partial charge is 0.297 e. The highest BCUT2D eigenvalue weighted by Crippen LogP contribution is 2.13. The molecule has 1 N–H and O–H groups in total. The molecule has 1 aromatic heterocycles. The van der Waals surface area contributed by atoms with Crippen molar-refractivity contribution in [3.05, 3.63) is 34.6 Å². The second kappa shape index (κ2) is 2.88. The van der Waals surface area contributed by atoms with Crippen molar-refractivity contribution in [3.63, 3.8) is 0 Å². The Morgan fingerprint density at radius 3 is 3.13 bits per heavy atom. The Morgan fingerprint density at radius 1 is 1.33 bits per heavy atom. The van der Waals surface area contributed by atoms with Gasteiger partial charge in [-0.3, -0.25) is 10.2 Å². The minimum absolute atomic E-state index is 0.144. The lowest BCUT2D eigenvalue weighted by atomic mass is 10.2. The summed E-state index contributed by atoms with van der Waals surface area (Å²) < 4.78 is 1.31. The van der Waals surface area contributed by atoms with Crippen LogP contribution in [0, 0.1) is 0 Å². The van der Waals surface area contributed by atoms with Gasteiger partial charge in [-0.05, 0) is 12.1 Å². The van der Waals surface area contributed by atoms with E-state index in [0.29, 0.717) is 23.5 Å². The second-order valence-electron chi connectivity index (χ2n) is 3.13. The quantitative estimate of drug-likeness (QED) is 0.691. The predicted molar refractivity (Wildman–Crippen MR) is 54.7 cm³/mol. The molecule has 1 aliphatic rings. The summed E-state index contributed by atoms with van der Waals surface area (Å²) in [7, 11) is 0. The van der Waals surface area contributed by atoms with Gasteiger partial charge in [0.05, 0.1) is 10.9 Å². The number of hydrogen-bond donors (Lipinski definition) is 1. The number of para-hydroxylation sites is 1. The Morgan fingerprint density at radius 2 is 2.20 bits per heavy atom. The molecule has 0 radical (unpaired) electrons. The Bertz CT molecular complexity index is 615. The van der Waals surface area contributed by atoms with Crippen LogP contribution in [-0.2, 0) is 0 Å². The minimum atomic E-state index is -0.144. The van der Waals surface area contributed by atoms with Crippen molar-refractivity contribution in [2.24, 2.45) is 10.2 Å². The number of benzene rings is 1. The van der Waals surface area contributed by atoms with Gasteiger partial charge >= 0.3 is 0 Å². The first kappa shape index (κ1) is 8.10. The van der Waals surface area contributed by atoms with Gasteiger partial charge in [0.15, 0.2) is 0 Å². The summed E-state index contributed by atoms with van der Waals surface area (Å²) >= 11 is 0. The molecule has 0 spiro atoms. The highest BCUT2D eigenvalue weighted by atomic mass is 16.1. The summed E-state index contributed by atoms with van der Waals surface area (Å²) in [5, 5.41) is 8.15. The van der Waals surface area contributed by atoms with E-state index in [9.17, 15) is 4.79 Å². The van der Waals surface area contributed by atoms with Gasteiger partial charge < -0.3 is 0 Å². The first-order valence-electron chi connectivity index (χ1n) is 4.49. The Hall–Kier alpha value is -2.24. The van der Waals surface area contributed by atoms with E-state index in [1.807, 2.05) is 12.1 Å². The van der Waals surface area contributed by atoms with Crippen LogP contribution in [0.1, 0.15) is 0 Å². The van der Waals surface area contributed by atoms with Crippen LogP contribution < -0.4 is 11.0 Å². The van der Waals surface area contributed by atoms with E-state index in [2.05, 4.69) is 20.6 Å². The van der Waals surface area contributed by atoms with Gasteiger partial charge in [0.1, 0.15) is 6.67 Å². The topological polar surface area (TPSA) is 71.6 Å². The molecule has 0 amide bonds. The summed E-state index contributed by atoms with van der Waals surface area (Å²) in [6.07, 6.45) is 0. The zero-order chi connectivity index (χ0) is 10.3. The molecule has 0 bridgehead atoms. The Kier molecular flexibility index (Phi) is 1.55. The maximum Gasteiger partial charge on any atom is 0.281 e. The molecule has 0 unspecified atom stereocenters. The number of azo groups is 1. The van der Waals surface area contributed by atoms with E-state index in [-0.39, 0.29) is 5.56 Å². The third kappa shape index (κ3) is 1.11. The first-order valence-corrected chi connectivity index (χ1v) is 4.49. The molecular formula is C9H7N5O. The number of hydrogen-bond acceptors (Lipinski definition) is 5. The Balaban J connectivity index is 2.48. The van der Waals surface area contributed by atoms with Gasteiger partial charge in [0.25, 0.3) is 11.5 Å². The van der Waals surface area contributed by atoms with Gasteiger partial charge in [0.2, 0.25) is 0 Å². The molecule has 15 heavy (non-hydrogen) atoms. The number of aromatic nitrogens is 2. The van der Waals surface area contributed by atoms with Gasteiger partial charge in [-0.2, -0.15) is 9.79 Å². The predicted octanol–water partition coefficient (Wildman–Crippen LogP) is 0.995. The lowest BCUT2D eigenvalue weighted by Gasteiger charge is -2.13. The maximum absolute atomic E-state index is 11.9. The fourth-order valence-corrected chi connectivity index (χ4v) is 1.53. The third-order valence-electron chi connectivity index (χ3n) is 2.22. The summed E-state index contributed by atoms with van der Waals surface area (Å²) in [5.74, 6) is 0.296. The molecule has 0 fully saturated rings. The molecule has 0 aliphatic carbocycles. The second-order valence-corrected chi connectivity index (χ2v) is 3.13. The molecule has 1 aliphatic heterocycles. The maximum atomic E-state index is 11.9. The zero-order valence-electron chi connectivity index (χ0n) is 7.71. The van der Waals surface area contributed by atoms with Crippen LogP contribution in [0.15, 0.2) is 39.3 Å². The third-order valence-corrected chi connectivity index (χ3v) is 2.22. The number of nitrogens with one attached hydrogen (secondary N) is 1. The van der Waals surface area contributed by atoms with Crippen LogP contribution in [0.4, 0.5) is 5.95 Å². The lowest BCUT2D eigenvalue weighted by Crippen LogP contribution is -2.31. The van der Waals surface area contributed by atoms with Gasteiger partial charge in [-0.1, -0.05) is 12.1 Å². The van der Waals surface area contributed by atoms with Crippen LogP contribution >= 0.6 is 0 Å². The molecule has 6 heteroatoms. The summed E-state index contributed by atoms with van der Waals surface area (Å²) in [6, 6.07) is 7.16. The highest BCUT2D eigenvalue weighted by Gasteiger charge is 2.11. The normalized spacial score (nSPS) is 13.6. The van der Waals surface area contributed by atoms with Crippen LogP contribution in [0.3, 0.4) is 0 Å². The highest BCUT2D eigenvalue weighted by molar-refractivity contribution is 5.78. The van der Waals surface area contributed by atoms with E-state index in [1.54, 1.807) is 12.1 Å². The van der Waals surface area contributed by atoms with E-state index in [4.69, 9.17) is 0 Å². The van der Waals surface area contributed by atoms with Gasteiger partial charge in [0, 0.05) is 0 Å². The molecule has 1 aromatic carbocycles. The average molecular weight is 201 g/mol. The van der Waals surface area contributed by atoms with Crippen molar-refractivity contribution in [2.45, 2.75) is 0 Å². The van der Waals surface area contributed by atoms with Crippen molar-refractivity contribution in [1.29, 1.82) is 0 Å². The fourth-order valence-electron chi connectivity index (χ4n) is 1.53. The van der Waals surface area contributed by atoms with Gasteiger partial charge in [-0.25, -0.2) is 4.98 Å². The van der Waals surface area contributed by atoms with E-state index in [0.717, 1.165) is 0 Å². The van der Waals surface area contributed by atoms with E-state index in [1.165, 1.54) is 4.68 Å². The summed E-state index contributed by atoms with van der Waals surface area (Å²) in [6.45, 7) is 0.299.